The second kappa shape index (κ2) is 6.88. The maximum Gasteiger partial charge on any atom is 0.261 e. The van der Waals surface area contributed by atoms with E-state index in [9.17, 15) is 13.2 Å². The summed E-state index contributed by atoms with van der Waals surface area (Å²) < 4.78 is 27.8. The van der Waals surface area contributed by atoms with Gasteiger partial charge in [-0.25, -0.2) is 8.42 Å². The lowest BCUT2D eigenvalue weighted by molar-refractivity contribution is -0.117. The highest BCUT2D eigenvalue weighted by Crippen LogP contribution is 2.28. The number of carbonyl (C=O) groups is 1. The molecule has 6 heteroatoms. The van der Waals surface area contributed by atoms with Crippen LogP contribution in [0.4, 0.5) is 11.4 Å². The van der Waals surface area contributed by atoms with Crippen LogP contribution >= 0.6 is 0 Å². The van der Waals surface area contributed by atoms with Crippen molar-refractivity contribution in [1.29, 1.82) is 0 Å². The van der Waals surface area contributed by atoms with E-state index in [0.717, 1.165) is 29.7 Å². The molecule has 0 aliphatic carbocycles. The van der Waals surface area contributed by atoms with Crippen LogP contribution in [0.2, 0.25) is 0 Å². The van der Waals surface area contributed by atoms with Gasteiger partial charge in [-0.1, -0.05) is 19.1 Å². The van der Waals surface area contributed by atoms with Gasteiger partial charge in [-0.15, -0.1) is 0 Å². The summed E-state index contributed by atoms with van der Waals surface area (Å²) in [5.74, 6) is 0.0906. The molecule has 3 rings (SSSR count). The van der Waals surface area contributed by atoms with Crippen molar-refractivity contribution < 1.29 is 13.2 Å². The van der Waals surface area contributed by atoms with Gasteiger partial charge in [0, 0.05) is 24.3 Å². The number of amides is 1. The average Bonchev–Trinajstić information content (AvgIpc) is 3.01. The van der Waals surface area contributed by atoms with Crippen LogP contribution in [-0.2, 0) is 21.2 Å². The third-order valence-electron chi connectivity index (χ3n) is 4.46. The van der Waals surface area contributed by atoms with Crippen molar-refractivity contribution in [3.63, 3.8) is 0 Å². The number of rotatable bonds is 5. The highest BCUT2D eigenvalue weighted by Gasteiger charge is 2.24. The fourth-order valence-electron chi connectivity index (χ4n) is 3.02. The summed E-state index contributed by atoms with van der Waals surface area (Å²) in [7, 11) is -3.66. The smallest absolute Gasteiger partial charge is 0.261 e. The molecular weight excluding hydrogens is 336 g/mol. The monoisotopic (exact) mass is 358 g/mol. The molecule has 132 valence electrons. The van der Waals surface area contributed by atoms with Gasteiger partial charge in [0.15, 0.2) is 0 Å². The zero-order valence-electron chi connectivity index (χ0n) is 14.5. The molecule has 25 heavy (non-hydrogen) atoms. The first-order valence-electron chi connectivity index (χ1n) is 8.43. The predicted molar refractivity (Wildman–Crippen MR) is 99.4 cm³/mol. The minimum absolute atomic E-state index is 0.0906. The average molecular weight is 358 g/mol. The maximum absolute atomic E-state index is 12.6. The van der Waals surface area contributed by atoms with Crippen LogP contribution in [0.25, 0.3) is 0 Å². The van der Waals surface area contributed by atoms with E-state index in [2.05, 4.69) is 11.6 Å². The molecule has 0 bridgehead atoms. The van der Waals surface area contributed by atoms with Crippen molar-refractivity contribution >= 4 is 27.3 Å². The van der Waals surface area contributed by atoms with Gasteiger partial charge in [-0.3, -0.25) is 9.52 Å². The topological polar surface area (TPSA) is 66.5 Å². The minimum atomic E-state index is -3.66. The van der Waals surface area contributed by atoms with Crippen LogP contribution in [0.15, 0.2) is 47.4 Å². The van der Waals surface area contributed by atoms with Gasteiger partial charge < -0.3 is 4.90 Å². The summed E-state index contributed by atoms with van der Waals surface area (Å²) >= 11 is 0. The standard InChI is InChI=1S/C19H22N2O3S/c1-3-15-6-8-16(9-7-15)20-25(23,24)17-10-11-18(14(2)13-17)21-12-4-5-19(21)22/h6-11,13,20H,3-5,12H2,1-2H3. The number of nitrogens with one attached hydrogen (secondary N) is 1. The number of hydrogen-bond donors (Lipinski definition) is 1. The molecule has 0 saturated carbocycles. The Hall–Kier alpha value is -2.34. The number of benzene rings is 2. The summed E-state index contributed by atoms with van der Waals surface area (Å²) in [5, 5.41) is 0. The van der Waals surface area contributed by atoms with Crippen LogP contribution in [-0.4, -0.2) is 20.9 Å². The van der Waals surface area contributed by atoms with E-state index >= 15 is 0 Å². The molecular formula is C19H22N2O3S. The molecule has 1 aliphatic heterocycles. The predicted octanol–water partition coefficient (Wildman–Crippen LogP) is 3.49. The molecule has 0 unspecified atom stereocenters. The summed E-state index contributed by atoms with van der Waals surface area (Å²) in [6.07, 6.45) is 2.30. The Balaban J connectivity index is 1.84. The van der Waals surface area contributed by atoms with Gasteiger partial charge in [-0.2, -0.15) is 0 Å². The van der Waals surface area contributed by atoms with E-state index in [0.29, 0.717) is 18.7 Å². The third kappa shape index (κ3) is 3.69. The molecule has 5 nitrogen and oxygen atoms in total. The van der Waals surface area contributed by atoms with Crippen LogP contribution in [0.3, 0.4) is 0 Å². The van der Waals surface area contributed by atoms with Gasteiger partial charge in [0.2, 0.25) is 5.91 Å². The maximum atomic E-state index is 12.6. The molecule has 0 atom stereocenters. The number of hydrogen-bond acceptors (Lipinski definition) is 3. The Labute approximate surface area is 148 Å². The van der Waals surface area contributed by atoms with Crippen molar-refractivity contribution in [2.45, 2.75) is 38.0 Å². The van der Waals surface area contributed by atoms with Gasteiger partial charge in [0.05, 0.1) is 4.90 Å². The lowest BCUT2D eigenvalue weighted by Gasteiger charge is -2.19. The largest absolute Gasteiger partial charge is 0.312 e. The van der Waals surface area contributed by atoms with Gasteiger partial charge in [0.1, 0.15) is 0 Å². The second-order valence-electron chi connectivity index (χ2n) is 6.25. The molecule has 1 N–H and O–H groups in total. The van der Waals surface area contributed by atoms with Crippen molar-refractivity contribution in [2.24, 2.45) is 0 Å². The van der Waals surface area contributed by atoms with Crippen LogP contribution in [0.1, 0.15) is 30.9 Å². The minimum Gasteiger partial charge on any atom is -0.312 e. The molecule has 0 spiro atoms. The van der Waals surface area contributed by atoms with Crippen LogP contribution in [0, 0.1) is 6.92 Å². The lowest BCUT2D eigenvalue weighted by Crippen LogP contribution is -2.24. The van der Waals surface area contributed by atoms with Gasteiger partial charge in [0.25, 0.3) is 10.0 Å². The Morgan fingerprint density at radius 2 is 1.84 bits per heavy atom. The second-order valence-corrected chi connectivity index (χ2v) is 7.94. The molecule has 1 aliphatic rings. The van der Waals surface area contributed by atoms with E-state index in [-0.39, 0.29) is 10.8 Å². The van der Waals surface area contributed by atoms with E-state index in [1.807, 2.05) is 19.1 Å². The quantitative estimate of drug-likeness (QED) is 0.890. The fourth-order valence-corrected chi connectivity index (χ4v) is 4.17. The summed E-state index contributed by atoms with van der Waals surface area (Å²) in [5.41, 5.74) is 3.25. The Morgan fingerprint density at radius 3 is 2.40 bits per heavy atom. The van der Waals surface area contributed by atoms with Gasteiger partial charge >= 0.3 is 0 Å². The molecule has 2 aromatic rings. The van der Waals surface area contributed by atoms with Crippen molar-refractivity contribution in [3.05, 3.63) is 53.6 Å². The molecule has 1 saturated heterocycles. The molecule has 0 radical (unpaired) electrons. The summed E-state index contributed by atoms with van der Waals surface area (Å²) in [4.78, 5) is 13.8. The van der Waals surface area contributed by atoms with E-state index in [1.54, 1.807) is 35.2 Å². The molecule has 0 aromatic heterocycles. The van der Waals surface area contributed by atoms with E-state index < -0.39 is 10.0 Å². The number of sulfonamides is 1. The van der Waals surface area contributed by atoms with Crippen molar-refractivity contribution in [2.75, 3.05) is 16.2 Å². The third-order valence-corrected chi connectivity index (χ3v) is 5.84. The number of nitrogens with zero attached hydrogens (tertiary/aromatic N) is 1. The molecule has 2 aromatic carbocycles. The highest BCUT2D eigenvalue weighted by atomic mass is 32.2. The van der Waals surface area contributed by atoms with E-state index in [1.165, 1.54) is 0 Å². The number of carbonyl (C=O) groups excluding carboxylic acids is 1. The number of aryl methyl sites for hydroxylation is 2. The first kappa shape index (κ1) is 17.5. The van der Waals surface area contributed by atoms with Crippen LogP contribution in [0.5, 0.6) is 0 Å². The van der Waals surface area contributed by atoms with Gasteiger partial charge in [-0.05, 0) is 61.2 Å². The van der Waals surface area contributed by atoms with Crippen molar-refractivity contribution in [3.8, 4) is 0 Å². The first-order chi connectivity index (χ1) is 11.9. The Kier molecular flexibility index (Phi) is 4.81. The summed E-state index contributed by atoms with van der Waals surface area (Å²) in [6.45, 7) is 4.57. The fraction of sp³-hybridized carbons (Fsp3) is 0.316. The molecule has 1 amide bonds. The normalized spacial score (nSPS) is 14.8. The van der Waals surface area contributed by atoms with E-state index in [4.69, 9.17) is 0 Å². The lowest BCUT2D eigenvalue weighted by atomic mass is 10.2. The number of anilines is 2. The zero-order valence-corrected chi connectivity index (χ0v) is 15.3. The zero-order chi connectivity index (χ0) is 18.0. The van der Waals surface area contributed by atoms with Crippen molar-refractivity contribution in [1.82, 2.24) is 0 Å². The molecule has 1 heterocycles. The molecule has 1 fully saturated rings. The Bertz CT molecular complexity index is 889. The highest BCUT2D eigenvalue weighted by molar-refractivity contribution is 7.92. The SMILES string of the molecule is CCc1ccc(NS(=O)(=O)c2ccc(N3CCCC3=O)c(C)c2)cc1. The Morgan fingerprint density at radius 1 is 1.12 bits per heavy atom. The van der Waals surface area contributed by atoms with Crippen LogP contribution < -0.4 is 9.62 Å². The first-order valence-corrected chi connectivity index (χ1v) is 9.92. The summed E-state index contributed by atoms with van der Waals surface area (Å²) in [6, 6.07) is 12.2.